The molecule has 0 amide bonds. The molecule has 0 nitrogen and oxygen atoms in total. The lowest BCUT2D eigenvalue weighted by Gasteiger charge is -2.02. The molecule has 1 aromatic carbocycles. The molecule has 66 valence electrons. The summed E-state index contributed by atoms with van der Waals surface area (Å²) in [7, 11) is 0. The number of benzene rings is 1. The van der Waals surface area contributed by atoms with E-state index in [-0.39, 0.29) is 5.82 Å². The molecule has 0 atom stereocenters. The van der Waals surface area contributed by atoms with Crippen molar-refractivity contribution < 1.29 is 4.39 Å². The monoisotopic (exact) mass is 174 g/mol. The maximum atomic E-state index is 12.6. The first-order chi connectivity index (χ1) is 6.25. The number of hydrogen-bond donors (Lipinski definition) is 0. The quantitative estimate of drug-likeness (QED) is 0.610. The van der Waals surface area contributed by atoms with Crippen LogP contribution in [0.25, 0.3) is 5.57 Å². The maximum absolute atomic E-state index is 12.6. The maximum Gasteiger partial charge on any atom is 0.123 e. The second-order valence-electron chi connectivity index (χ2n) is 3.39. The first-order valence-corrected chi connectivity index (χ1v) is 4.38. The van der Waals surface area contributed by atoms with Crippen LogP contribution < -0.4 is 0 Å². The number of halogens is 1. The fourth-order valence-electron chi connectivity index (χ4n) is 1.52. The van der Waals surface area contributed by atoms with Gasteiger partial charge in [0.15, 0.2) is 0 Å². The Morgan fingerprint density at radius 2 is 1.77 bits per heavy atom. The first-order valence-electron chi connectivity index (χ1n) is 4.38. The Balaban J connectivity index is 2.24. The van der Waals surface area contributed by atoms with Gasteiger partial charge < -0.3 is 0 Å². The van der Waals surface area contributed by atoms with E-state index >= 15 is 0 Å². The molecule has 0 spiro atoms. The average Bonchev–Trinajstić information content (AvgIpc) is 2.53. The van der Waals surface area contributed by atoms with Crippen molar-refractivity contribution in [2.45, 2.75) is 13.3 Å². The van der Waals surface area contributed by atoms with Gasteiger partial charge in [0.2, 0.25) is 0 Å². The van der Waals surface area contributed by atoms with Crippen LogP contribution in [0, 0.1) is 5.82 Å². The van der Waals surface area contributed by atoms with Gasteiger partial charge in [-0.15, -0.1) is 0 Å². The van der Waals surface area contributed by atoms with Gasteiger partial charge in [-0.3, -0.25) is 0 Å². The zero-order chi connectivity index (χ0) is 9.26. The SMILES string of the molecule is CC1=CC=C(c2ccc(F)cc2)C1. The zero-order valence-corrected chi connectivity index (χ0v) is 7.55. The van der Waals surface area contributed by atoms with E-state index in [0.29, 0.717) is 0 Å². The van der Waals surface area contributed by atoms with Crippen LogP contribution in [0.4, 0.5) is 4.39 Å². The Morgan fingerprint density at radius 3 is 2.31 bits per heavy atom. The summed E-state index contributed by atoms with van der Waals surface area (Å²) in [5, 5.41) is 0. The molecule has 0 N–H and O–H groups in total. The van der Waals surface area contributed by atoms with E-state index in [4.69, 9.17) is 0 Å². The molecule has 13 heavy (non-hydrogen) atoms. The average molecular weight is 174 g/mol. The Labute approximate surface area is 77.4 Å². The topological polar surface area (TPSA) is 0 Å². The Morgan fingerprint density at radius 1 is 1.08 bits per heavy atom. The van der Waals surface area contributed by atoms with Crippen molar-refractivity contribution in [3.63, 3.8) is 0 Å². The van der Waals surface area contributed by atoms with Gasteiger partial charge in [0.05, 0.1) is 0 Å². The lowest BCUT2D eigenvalue weighted by molar-refractivity contribution is 0.627. The number of rotatable bonds is 1. The third-order valence-electron chi connectivity index (χ3n) is 2.25. The summed E-state index contributed by atoms with van der Waals surface area (Å²) in [4.78, 5) is 0. The molecule has 0 aromatic heterocycles. The largest absolute Gasteiger partial charge is 0.207 e. The number of allylic oxidation sites excluding steroid dienone is 4. The second-order valence-corrected chi connectivity index (χ2v) is 3.39. The predicted molar refractivity (Wildman–Crippen MR) is 52.8 cm³/mol. The highest BCUT2D eigenvalue weighted by Gasteiger charge is 2.06. The van der Waals surface area contributed by atoms with Crippen molar-refractivity contribution >= 4 is 5.57 Å². The van der Waals surface area contributed by atoms with E-state index < -0.39 is 0 Å². The summed E-state index contributed by atoms with van der Waals surface area (Å²) in [6.07, 6.45) is 5.20. The third kappa shape index (κ3) is 1.69. The van der Waals surface area contributed by atoms with Crippen LogP contribution in [0.2, 0.25) is 0 Å². The van der Waals surface area contributed by atoms with Gasteiger partial charge in [-0.2, -0.15) is 0 Å². The molecule has 2 rings (SSSR count). The molecule has 1 aliphatic rings. The summed E-state index contributed by atoms with van der Waals surface area (Å²) in [6, 6.07) is 6.66. The smallest absolute Gasteiger partial charge is 0.123 e. The molecule has 0 radical (unpaired) electrons. The molecule has 0 fully saturated rings. The van der Waals surface area contributed by atoms with Gasteiger partial charge >= 0.3 is 0 Å². The van der Waals surface area contributed by atoms with Gasteiger partial charge in [0, 0.05) is 0 Å². The minimum Gasteiger partial charge on any atom is -0.207 e. The normalized spacial score (nSPS) is 15.5. The molecule has 1 aromatic rings. The third-order valence-corrected chi connectivity index (χ3v) is 2.25. The minimum atomic E-state index is -0.174. The van der Waals surface area contributed by atoms with Gasteiger partial charge in [0.1, 0.15) is 5.82 Å². The molecular formula is C12H11F. The van der Waals surface area contributed by atoms with E-state index in [1.54, 1.807) is 0 Å². The fourth-order valence-corrected chi connectivity index (χ4v) is 1.52. The van der Waals surface area contributed by atoms with Crippen molar-refractivity contribution in [2.24, 2.45) is 0 Å². The van der Waals surface area contributed by atoms with Gasteiger partial charge in [-0.05, 0) is 36.6 Å². The highest BCUT2D eigenvalue weighted by Crippen LogP contribution is 2.27. The van der Waals surface area contributed by atoms with Crippen molar-refractivity contribution in [2.75, 3.05) is 0 Å². The highest BCUT2D eigenvalue weighted by molar-refractivity contribution is 5.71. The lowest BCUT2D eigenvalue weighted by atomic mass is 10.0. The van der Waals surface area contributed by atoms with Crippen LogP contribution in [-0.4, -0.2) is 0 Å². The molecular weight excluding hydrogens is 163 g/mol. The van der Waals surface area contributed by atoms with Crippen LogP contribution in [0.15, 0.2) is 42.0 Å². The standard InChI is InChI=1S/C12H11F/c1-9-2-3-11(8-9)10-4-6-12(13)7-5-10/h2-7H,8H2,1H3. The van der Waals surface area contributed by atoms with Gasteiger partial charge in [-0.1, -0.05) is 29.9 Å². The summed E-state index contributed by atoms with van der Waals surface area (Å²) >= 11 is 0. The van der Waals surface area contributed by atoms with Crippen LogP contribution in [0.1, 0.15) is 18.9 Å². The Bertz CT molecular complexity index is 369. The summed E-state index contributed by atoms with van der Waals surface area (Å²) in [5.41, 5.74) is 3.76. The molecule has 0 bridgehead atoms. The van der Waals surface area contributed by atoms with Crippen molar-refractivity contribution in [1.29, 1.82) is 0 Å². The van der Waals surface area contributed by atoms with Crippen LogP contribution in [0.5, 0.6) is 0 Å². The van der Waals surface area contributed by atoms with E-state index in [0.717, 1.165) is 12.0 Å². The van der Waals surface area contributed by atoms with Gasteiger partial charge in [0.25, 0.3) is 0 Å². The van der Waals surface area contributed by atoms with E-state index in [1.165, 1.54) is 23.3 Å². The van der Waals surface area contributed by atoms with E-state index in [2.05, 4.69) is 19.1 Å². The predicted octanol–water partition coefficient (Wildman–Crippen LogP) is 3.56. The Hall–Kier alpha value is -1.37. The molecule has 0 saturated carbocycles. The second kappa shape index (κ2) is 3.17. The van der Waals surface area contributed by atoms with Crippen LogP contribution in [-0.2, 0) is 0 Å². The van der Waals surface area contributed by atoms with Crippen molar-refractivity contribution in [1.82, 2.24) is 0 Å². The lowest BCUT2D eigenvalue weighted by Crippen LogP contribution is -1.82. The van der Waals surface area contributed by atoms with Crippen molar-refractivity contribution in [3.05, 3.63) is 53.4 Å². The number of hydrogen-bond acceptors (Lipinski definition) is 0. The Kier molecular flexibility index (Phi) is 2.01. The van der Waals surface area contributed by atoms with Gasteiger partial charge in [-0.25, -0.2) is 4.39 Å². The molecule has 0 aliphatic heterocycles. The summed E-state index contributed by atoms with van der Waals surface area (Å²) < 4.78 is 12.6. The first kappa shape index (κ1) is 8.24. The molecule has 1 aliphatic carbocycles. The minimum absolute atomic E-state index is 0.174. The fraction of sp³-hybridized carbons (Fsp3) is 0.167. The molecule has 1 heteroatoms. The van der Waals surface area contributed by atoms with E-state index in [1.807, 2.05) is 12.1 Å². The molecule has 0 saturated heterocycles. The highest BCUT2D eigenvalue weighted by atomic mass is 19.1. The molecule has 0 unspecified atom stereocenters. The zero-order valence-electron chi connectivity index (χ0n) is 7.55. The molecule has 0 heterocycles. The van der Waals surface area contributed by atoms with E-state index in [9.17, 15) is 4.39 Å². The van der Waals surface area contributed by atoms with Crippen LogP contribution >= 0.6 is 0 Å². The summed E-state index contributed by atoms with van der Waals surface area (Å²) in [6.45, 7) is 2.10. The summed E-state index contributed by atoms with van der Waals surface area (Å²) in [5.74, 6) is -0.174. The van der Waals surface area contributed by atoms with Crippen LogP contribution in [0.3, 0.4) is 0 Å². The van der Waals surface area contributed by atoms with Crippen molar-refractivity contribution in [3.8, 4) is 0 Å².